The van der Waals surface area contributed by atoms with Gasteiger partial charge in [-0.25, -0.2) is 4.39 Å². The second-order valence-corrected chi connectivity index (χ2v) is 6.51. The number of fused-ring (bicyclic) bond motifs is 1. The zero-order chi connectivity index (χ0) is 20.4. The Balaban J connectivity index is 1.70. The van der Waals surface area contributed by atoms with Crippen molar-refractivity contribution >= 4 is 22.9 Å². The molecule has 0 aliphatic carbocycles. The van der Waals surface area contributed by atoms with Gasteiger partial charge in [0, 0.05) is 42.5 Å². The highest BCUT2D eigenvalue weighted by atomic mass is 19.1. The summed E-state index contributed by atoms with van der Waals surface area (Å²) >= 11 is 0. The van der Waals surface area contributed by atoms with Crippen LogP contribution in [-0.4, -0.2) is 26.2 Å². The number of anilines is 1. The van der Waals surface area contributed by atoms with Crippen LogP contribution in [0.2, 0.25) is 0 Å². The number of nitrogens with one attached hydrogen (secondary N) is 1. The number of carbonyl (C=O) groups is 2. The first-order valence-corrected chi connectivity index (χ1v) is 8.84. The fourth-order valence-corrected chi connectivity index (χ4v) is 3.13. The molecule has 29 heavy (non-hydrogen) atoms. The van der Waals surface area contributed by atoms with E-state index in [1.807, 2.05) is 0 Å². The first kappa shape index (κ1) is 18.4. The van der Waals surface area contributed by atoms with Gasteiger partial charge in [0.2, 0.25) is 0 Å². The second-order valence-electron chi connectivity index (χ2n) is 6.51. The van der Waals surface area contributed by atoms with Gasteiger partial charge in [-0.15, -0.1) is 0 Å². The minimum absolute atomic E-state index is 0.0208. The number of aromatic hydroxyl groups is 1. The Labute approximate surface area is 165 Å². The standard InChI is InChI=1S/C22H16FN3O3/c23-15-3-1-14(2-4-15)11-17-12-19(20-13-18(27)7-10-26(17)20)21(28)22(29)25-16-5-8-24-9-6-16/h1-10,12-13,27H,11H2,(H,24,25,29). The molecule has 0 spiro atoms. The number of benzene rings is 1. The van der Waals surface area contributed by atoms with E-state index < -0.39 is 11.7 Å². The summed E-state index contributed by atoms with van der Waals surface area (Å²) < 4.78 is 14.9. The van der Waals surface area contributed by atoms with E-state index in [9.17, 15) is 19.1 Å². The molecular weight excluding hydrogens is 373 g/mol. The van der Waals surface area contributed by atoms with Crippen molar-refractivity contribution in [3.8, 4) is 5.75 Å². The van der Waals surface area contributed by atoms with Gasteiger partial charge in [0.15, 0.2) is 0 Å². The van der Waals surface area contributed by atoms with Gasteiger partial charge in [0.1, 0.15) is 11.6 Å². The first-order valence-electron chi connectivity index (χ1n) is 8.84. The summed E-state index contributed by atoms with van der Waals surface area (Å²) in [5.41, 5.74) is 2.61. The first-order chi connectivity index (χ1) is 14.0. The number of amides is 1. The Bertz CT molecular complexity index is 1200. The maximum absolute atomic E-state index is 13.2. The summed E-state index contributed by atoms with van der Waals surface area (Å²) in [7, 11) is 0. The molecule has 0 bridgehead atoms. The Morgan fingerprint density at radius 2 is 1.76 bits per heavy atom. The number of aromatic nitrogens is 2. The van der Waals surface area contributed by atoms with Crippen LogP contribution in [0, 0.1) is 5.82 Å². The van der Waals surface area contributed by atoms with Crippen LogP contribution in [-0.2, 0) is 11.2 Å². The normalized spacial score (nSPS) is 10.8. The van der Waals surface area contributed by atoms with Crippen LogP contribution in [0.1, 0.15) is 21.6 Å². The fraction of sp³-hybridized carbons (Fsp3) is 0.0455. The molecule has 4 rings (SSSR count). The van der Waals surface area contributed by atoms with Gasteiger partial charge in [0.05, 0.1) is 11.1 Å². The average molecular weight is 389 g/mol. The number of hydrogen-bond donors (Lipinski definition) is 2. The van der Waals surface area contributed by atoms with Crippen LogP contribution in [0.5, 0.6) is 5.75 Å². The van der Waals surface area contributed by atoms with Gasteiger partial charge in [-0.1, -0.05) is 12.1 Å². The summed E-state index contributed by atoms with van der Waals surface area (Å²) in [5.74, 6) is -1.87. The van der Waals surface area contributed by atoms with Crippen molar-refractivity contribution in [2.24, 2.45) is 0 Å². The van der Waals surface area contributed by atoms with E-state index in [1.54, 1.807) is 40.9 Å². The maximum Gasteiger partial charge on any atom is 0.296 e. The lowest BCUT2D eigenvalue weighted by atomic mass is 10.1. The smallest absolute Gasteiger partial charge is 0.296 e. The SMILES string of the molecule is O=C(Nc1ccncc1)C(=O)c1cc(Cc2ccc(F)cc2)n2ccc(O)cc12. The number of Topliss-reactive ketones (excluding diaryl/α,β-unsaturated/α-hetero) is 1. The number of pyridine rings is 2. The zero-order valence-corrected chi connectivity index (χ0v) is 15.2. The number of ketones is 1. The van der Waals surface area contributed by atoms with E-state index in [1.165, 1.54) is 36.7 Å². The number of hydrogen-bond acceptors (Lipinski definition) is 4. The molecule has 6 nitrogen and oxygen atoms in total. The van der Waals surface area contributed by atoms with E-state index in [2.05, 4.69) is 10.3 Å². The largest absolute Gasteiger partial charge is 0.508 e. The third-order valence-corrected chi connectivity index (χ3v) is 4.52. The zero-order valence-electron chi connectivity index (χ0n) is 15.2. The maximum atomic E-state index is 13.2. The van der Waals surface area contributed by atoms with Crippen LogP contribution >= 0.6 is 0 Å². The quantitative estimate of drug-likeness (QED) is 0.404. The van der Waals surface area contributed by atoms with Gasteiger partial charge in [0.25, 0.3) is 11.7 Å². The van der Waals surface area contributed by atoms with Crippen LogP contribution in [0.3, 0.4) is 0 Å². The van der Waals surface area contributed by atoms with Crippen molar-refractivity contribution in [1.82, 2.24) is 9.38 Å². The van der Waals surface area contributed by atoms with Crippen molar-refractivity contribution in [2.45, 2.75) is 6.42 Å². The minimum atomic E-state index is -0.791. The third kappa shape index (κ3) is 3.84. The van der Waals surface area contributed by atoms with Crippen molar-refractivity contribution in [2.75, 3.05) is 5.32 Å². The summed E-state index contributed by atoms with van der Waals surface area (Å²) in [6.07, 6.45) is 5.06. The summed E-state index contributed by atoms with van der Waals surface area (Å²) in [5, 5.41) is 12.4. The Kier molecular flexibility index (Phi) is 4.78. The molecule has 0 aliphatic heterocycles. The van der Waals surface area contributed by atoms with Gasteiger partial charge >= 0.3 is 0 Å². The highest BCUT2D eigenvalue weighted by Gasteiger charge is 2.22. The molecule has 4 aromatic rings. The molecular formula is C22H16FN3O3. The third-order valence-electron chi connectivity index (χ3n) is 4.52. The highest BCUT2D eigenvalue weighted by Crippen LogP contribution is 2.24. The van der Waals surface area contributed by atoms with Crippen LogP contribution in [0.25, 0.3) is 5.52 Å². The van der Waals surface area contributed by atoms with E-state index >= 15 is 0 Å². The topological polar surface area (TPSA) is 83.7 Å². The number of carbonyl (C=O) groups excluding carboxylic acids is 2. The highest BCUT2D eigenvalue weighted by molar-refractivity contribution is 6.47. The van der Waals surface area contributed by atoms with E-state index in [-0.39, 0.29) is 17.1 Å². The van der Waals surface area contributed by atoms with Crippen LogP contribution < -0.4 is 5.32 Å². The molecule has 7 heteroatoms. The molecule has 3 heterocycles. The molecule has 3 aromatic heterocycles. The van der Waals surface area contributed by atoms with Crippen molar-refractivity contribution < 1.29 is 19.1 Å². The van der Waals surface area contributed by atoms with Gasteiger partial charge in [-0.3, -0.25) is 14.6 Å². The lowest BCUT2D eigenvalue weighted by molar-refractivity contribution is -0.112. The lowest BCUT2D eigenvalue weighted by Crippen LogP contribution is -2.22. The summed E-state index contributed by atoms with van der Waals surface area (Å²) in [6, 6.07) is 13.7. The Morgan fingerprint density at radius 3 is 2.48 bits per heavy atom. The molecule has 1 aromatic carbocycles. The Morgan fingerprint density at radius 1 is 1.03 bits per heavy atom. The van der Waals surface area contributed by atoms with Crippen molar-refractivity contribution in [1.29, 1.82) is 0 Å². The molecule has 0 saturated heterocycles. The number of halogens is 1. The van der Waals surface area contributed by atoms with Gasteiger partial charge in [-0.05, 0) is 42.0 Å². The summed E-state index contributed by atoms with van der Waals surface area (Å²) in [4.78, 5) is 29.1. The predicted molar refractivity (Wildman–Crippen MR) is 105 cm³/mol. The van der Waals surface area contributed by atoms with E-state index in [0.29, 0.717) is 17.6 Å². The molecule has 144 valence electrons. The van der Waals surface area contributed by atoms with E-state index in [4.69, 9.17) is 0 Å². The fourth-order valence-electron chi connectivity index (χ4n) is 3.13. The number of rotatable bonds is 5. The molecule has 2 N–H and O–H groups in total. The monoisotopic (exact) mass is 389 g/mol. The lowest BCUT2D eigenvalue weighted by Gasteiger charge is -2.05. The minimum Gasteiger partial charge on any atom is -0.508 e. The average Bonchev–Trinajstić information content (AvgIpc) is 3.07. The predicted octanol–water partition coefficient (Wildman–Crippen LogP) is 3.59. The molecule has 1 amide bonds. The van der Waals surface area contributed by atoms with Crippen molar-refractivity contribution in [3.63, 3.8) is 0 Å². The Hall–Kier alpha value is -4.00. The van der Waals surface area contributed by atoms with Crippen LogP contribution in [0.15, 0.2) is 73.2 Å². The molecule has 0 unspecified atom stereocenters. The van der Waals surface area contributed by atoms with E-state index in [0.717, 1.165) is 11.3 Å². The molecule has 0 atom stereocenters. The van der Waals surface area contributed by atoms with Crippen LogP contribution in [0.4, 0.5) is 10.1 Å². The summed E-state index contributed by atoms with van der Waals surface area (Å²) in [6.45, 7) is 0. The molecule has 0 radical (unpaired) electrons. The number of nitrogens with zero attached hydrogens (tertiary/aromatic N) is 2. The second kappa shape index (κ2) is 7.55. The molecule has 0 fully saturated rings. The molecule has 0 saturated carbocycles. The molecule has 0 aliphatic rings. The van der Waals surface area contributed by atoms with Crippen molar-refractivity contribution in [3.05, 3.63) is 95.8 Å². The van der Waals surface area contributed by atoms with Gasteiger partial charge in [-0.2, -0.15) is 0 Å². The van der Waals surface area contributed by atoms with Gasteiger partial charge < -0.3 is 14.8 Å².